The van der Waals surface area contributed by atoms with Crippen LogP contribution in [0.3, 0.4) is 0 Å². The molecule has 29 heavy (non-hydrogen) atoms. The third-order valence-corrected chi connectivity index (χ3v) is 6.79. The Morgan fingerprint density at radius 1 is 1.24 bits per heavy atom. The second-order valence-corrected chi connectivity index (χ2v) is 9.74. The summed E-state index contributed by atoms with van der Waals surface area (Å²) in [6, 6.07) is 7.94. The number of allylic oxidation sites excluding steroid dienone is 5. The molecule has 1 aromatic carbocycles. The Morgan fingerprint density at radius 3 is 2.79 bits per heavy atom. The van der Waals surface area contributed by atoms with Crippen LogP contribution in [-0.4, -0.2) is 25.2 Å². The second-order valence-electron chi connectivity index (χ2n) is 7.89. The summed E-state index contributed by atoms with van der Waals surface area (Å²) in [5.41, 5.74) is 4.15. The Bertz CT molecular complexity index is 943. The molecule has 1 aromatic rings. The van der Waals surface area contributed by atoms with Gasteiger partial charge in [0.2, 0.25) is 10.0 Å². The molecule has 2 aliphatic rings. The van der Waals surface area contributed by atoms with Gasteiger partial charge in [-0.15, -0.1) is 0 Å². The fraction of sp³-hybridized carbons (Fsp3) is 0.435. The van der Waals surface area contributed by atoms with Crippen molar-refractivity contribution < 1.29 is 18.3 Å². The number of aliphatic carboxylic acids is 1. The summed E-state index contributed by atoms with van der Waals surface area (Å²) in [6.07, 6.45) is 12.0. The van der Waals surface area contributed by atoms with E-state index in [0.717, 1.165) is 35.2 Å². The van der Waals surface area contributed by atoms with E-state index in [1.807, 2.05) is 43.3 Å². The van der Waals surface area contributed by atoms with Crippen molar-refractivity contribution in [1.82, 2.24) is 4.72 Å². The molecule has 0 spiro atoms. The van der Waals surface area contributed by atoms with Gasteiger partial charge in [0.25, 0.3) is 0 Å². The SMILES string of the molecule is Cc1cccc(CCS(=O)(=O)NC2=C(CC=CCCCC(=O)O)C3C=CC2C3)c1. The Labute approximate surface area is 173 Å². The average Bonchev–Trinajstić information content (AvgIpc) is 3.25. The maximum Gasteiger partial charge on any atom is 0.303 e. The van der Waals surface area contributed by atoms with E-state index in [1.54, 1.807) is 0 Å². The molecular weight excluding hydrogens is 386 g/mol. The van der Waals surface area contributed by atoms with Gasteiger partial charge >= 0.3 is 5.97 Å². The lowest BCUT2D eigenvalue weighted by Gasteiger charge is -2.18. The molecular formula is C23H29NO4S. The van der Waals surface area contributed by atoms with Crippen LogP contribution in [0.1, 0.15) is 43.2 Å². The van der Waals surface area contributed by atoms with Gasteiger partial charge in [-0.05, 0) is 50.2 Å². The smallest absolute Gasteiger partial charge is 0.303 e. The lowest BCUT2D eigenvalue weighted by atomic mass is 9.98. The van der Waals surface area contributed by atoms with E-state index in [1.165, 1.54) is 0 Å². The molecule has 5 nitrogen and oxygen atoms in total. The Morgan fingerprint density at radius 2 is 2.03 bits per heavy atom. The highest BCUT2D eigenvalue weighted by Crippen LogP contribution is 2.44. The van der Waals surface area contributed by atoms with Crippen molar-refractivity contribution in [2.24, 2.45) is 11.8 Å². The van der Waals surface area contributed by atoms with Crippen molar-refractivity contribution in [3.8, 4) is 0 Å². The van der Waals surface area contributed by atoms with Crippen molar-refractivity contribution in [3.63, 3.8) is 0 Å². The summed E-state index contributed by atoms with van der Waals surface area (Å²) in [7, 11) is -3.41. The zero-order chi connectivity index (χ0) is 20.9. The molecule has 0 aromatic heterocycles. The highest BCUT2D eigenvalue weighted by atomic mass is 32.2. The molecule has 3 rings (SSSR count). The van der Waals surface area contributed by atoms with Crippen LogP contribution in [0, 0.1) is 18.8 Å². The summed E-state index contributed by atoms with van der Waals surface area (Å²) in [5.74, 6) is -0.247. The minimum Gasteiger partial charge on any atom is -0.481 e. The lowest BCUT2D eigenvalue weighted by molar-refractivity contribution is -0.137. The first-order chi connectivity index (χ1) is 13.8. The standard InChI is InChI=1S/C23H29NO4S/c1-17-7-6-8-18(15-17)13-14-29(27,28)24-23-20-12-11-19(16-20)21(23)9-4-2-3-5-10-22(25)26/h2,4,6-8,11-12,15,19-20,24H,3,5,9-10,13-14,16H2,1H3,(H,25,26). The predicted molar refractivity (Wildman–Crippen MR) is 115 cm³/mol. The summed E-state index contributed by atoms with van der Waals surface area (Å²) >= 11 is 0. The third-order valence-electron chi connectivity index (χ3n) is 5.52. The zero-order valence-electron chi connectivity index (χ0n) is 16.8. The number of rotatable bonds is 11. The number of carbonyl (C=O) groups is 1. The Hall–Kier alpha value is -2.34. The van der Waals surface area contributed by atoms with Gasteiger partial charge in [0.1, 0.15) is 0 Å². The summed E-state index contributed by atoms with van der Waals surface area (Å²) in [4.78, 5) is 10.6. The fourth-order valence-corrected chi connectivity index (χ4v) is 5.27. The zero-order valence-corrected chi connectivity index (χ0v) is 17.6. The number of benzene rings is 1. The van der Waals surface area contributed by atoms with E-state index >= 15 is 0 Å². The van der Waals surface area contributed by atoms with Crippen LogP contribution in [0.25, 0.3) is 0 Å². The monoisotopic (exact) mass is 415 g/mol. The maximum atomic E-state index is 12.7. The number of unbranched alkanes of at least 4 members (excludes halogenated alkanes) is 1. The van der Waals surface area contributed by atoms with Crippen LogP contribution in [0.4, 0.5) is 0 Å². The van der Waals surface area contributed by atoms with Crippen LogP contribution in [0.2, 0.25) is 0 Å². The fourth-order valence-electron chi connectivity index (χ4n) is 4.05. The van der Waals surface area contributed by atoms with Gasteiger partial charge in [0, 0.05) is 24.0 Å². The van der Waals surface area contributed by atoms with Crippen LogP contribution >= 0.6 is 0 Å². The van der Waals surface area contributed by atoms with Gasteiger partial charge in [0.15, 0.2) is 0 Å². The molecule has 2 atom stereocenters. The van der Waals surface area contributed by atoms with Gasteiger partial charge in [-0.2, -0.15) is 0 Å². The number of hydrogen-bond donors (Lipinski definition) is 2. The highest BCUT2D eigenvalue weighted by Gasteiger charge is 2.36. The van der Waals surface area contributed by atoms with E-state index in [0.29, 0.717) is 25.2 Å². The van der Waals surface area contributed by atoms with E-state index in [4.69, 9.17) is 5.11 Å². The van der Waals surface area contributed by atoms with Crippen molar-refractivity contribution in [3.05, 3.63) is 71.0 Å². The average molecular weight is 416 g/mol. The molecule has 2 N–H and O–H groups in total. The van der Waals surface area contributed by atoms with Crippen molar-refractivity contribution in [1.29, 1.82) is 0 Å². The van der Waals surface area contributed by atoms with Crippen LogP contribution in [0.5, 0.6) is 0 Å². The minimum absolute atomic E-state index is 0.0688. The molecule has 0 saturated heterocycles. The number of sulfonamides is 1. The third kappa shape index (κ3) is 6.07. The van der Waals surface area contributed by atoms with Gasteiger partial charge in [0.05, 0.1) is 5.75 Å². The molecule has 2 unspecified atom stereocenters. The molecule has 0 heterocycles. The van der Waals surface area contributed by atoms with Crippen molar-refractivity contribution >= 4 is 16.0 Å². The van der Waals surface area contributed by atoms with E-state index in [2.05, 4.69) is 16.9 Å². The van der Waals surface area contributed by atoms with Gasteiger partial charge in [-0.3, -0.25) is 9.52 Å². The van der Waals surface area contributed by atoms with Crippen molar-refractivity contribution in [2.45, 2.75) is 45.4 Å². The quantitative estimate of drug-likeness (QED) is 0.421. The molecule has 2 bridgehead atoms. The number of carboxylic acids is 1. The number of nitrogens with one attached hydrogen (secondary N) is 1. The van der Waals surface area contributed by atoms with Gasteiger partial charge in [-0.1, -0.05) is 54.1 Å². The normalized spacial score (nSPS) is 20.7. The lowest BCUT2D eigenvalue weighted by Crippen LogP contribution is -2.29. The topological polar surface area (TPSA) is 83.5 Å². The largest absolute Gasteiger partial charge is 0.481 e. The molecule has 0 saturated carbocycles. The van der Waals surface area contributed by atoms with Gasteiger partial charge in [-0.25, -0.2) is 8.42 Å². The predicted octanol–water partition coefficient (Wildman–Crippen LogP) is 4.12. The molecule has 0 aliphatic heterocycles. The van der Waals surface area contributed by atoms with Crippen LogP contribution < -0.4 is 4.72 Å². The maximum absolute atomic E-state index is 12.7. The molecule has 0 radical (unpaired) electrons. The number of hydrogen-bond acceptors (Lipinski definition) is 3. The first-order valence-corrected chi connectivity index (χ1v) is 11.8. The molecule has 6 heteroatoms. The summed E-state index contributed by atoms with van der Waals surface area (Å²) in [5, 5.41) is 8.68. The van der Waals surface area contributed by atoms with E-state index in [-0.39, 0.29) is 18.1 Å². The highest BCUT2D eigenvalue weighted by molar-refractivity contribution is 7.89. The molecule has 0 amide bonds. The van der Waals surface area contributed by atoms with Gasteiger partial charge < -0.3 is 5.11 Å². The number of fused-ring (bicyclic) bond motifs is 2. The molecule has 2 aliphatic carbocycles. The summed E-state index contributed by atoms with van der Waals surface area (Å²) < 4.78 is 28.3. The first kappa shape index (κ1) is 21.4. The second kappa shape index (κ2) is 9.44. The molecule has 156 valence electrons. The van der Waals surface area contributed by atoms with E-state index < -0.39 is 16.0 Å². The van der Waals surface area contributed by atoms with Crippen LogP contribution in [-0.2, 0) is 21.2 Å². The van der Waals surface area contributed by atoms with Crippen molar-refractivity contribution in [2.75, 3.05) is 5.75 Å². The Kier molecular flexibility index (Phi) is 6.96. The summed E-state index contributed by atoms with van der Waals surface area (Å²) in [6.45, 7) is 2.00. The minimum atomic E-state index is -3.41. The number of carboxylic acid groups (broad SMARTS) is 1. The van der Waals surface area contributed by atoms with Crippen LogP contribution in [0.15, 0.2) is 59.8 Å². The first-order valence-electron chi connectivity index (χ1n) is 10.2. The molecule has 0 fully saturated rings. The van der Waals surface area contributed by atoms with E-state index in [9.17, 15) is 13.2 Å². The number of aryl methyl sites for hydroxylation is 2. The Balaban J connectivity index is 1.60.